The summed E-state index contributed by atoms with van der Waals surface area (Å²) in [5, 5.41) is 18.8. The van der Waals surface area contributed by atoms with E-state index >= 15 is 0 Å². The molecular formula is C12H16N4S. The fourth-order valence-electron chi connectivity index (χ4n) is 1.44. The van der Waals surface area contributed by atoms with Crippen LogP contribution in [0.25, 0.3) is 0 Å². The van der Waals surface area contributed by atoms with E-state index in [4.69, 9.17) is 16.3 Å². The normalized spacial score (nSPS) is 10.0. The monoisotopic (exact) mass is 248 g/mol. The van der Waals surface area contributed by atoms with Gasteiger partial charge in [0.1, 0.15) is 27.6 Å². The minimum Gasteiger partial charge on any atom is -0.396 e. The van der Waals surface area contributed by atoms with Crippen LogP contribution in [0.5, 0.6) is 0 Å². The van der Waals surface area contributed by atoms with Crippen LogP contribution in [0.3, 0.4) is 0 Å². The Morgan fingerprint density at radius 1 is 1.35 bits per heavy atom. The maximum absolute atomic E-state index is 9.08. The summed E-state index contributed by atoms with van der Waals surface area (Å²) < 4.78 is 0. The molecule has 0 aromatic carbocycles. The predicted octanol–water partition coefficient (Wildman–Crippen LogP) is 2.56. The fraction of sp³-hybridized carbons (Fsp3) is 0.500. The van der Waals surface area contributed by atoms with Gasteiger partial charge in [0, 0.05) is 13.6 Å². The summed E-state index contributed by atoms with van der Waals surface area (Å²) in [6.07, 6.45) is 1.04. The molecule has 0 aliphatic heterocycles. The van der Waals surface area contributed by atoms with Crippen LogP contribution in [0.4, 0.5) is 10.7 Å². The summed E-state index contributed by atoms with van der Waals surface area (Å²) in [7, 11) is 1.93. The van der Waals surface area contributed by atoms with E-state index in [0.717, 1.165) is 18.0 Å². The van der Waals surface area contributed by atoms with Crippen molar-refractivity contribution in [3.05, 3.63) is 10.4 Å². The van der Waals surface area contributed by atoms with Crippen molar-refractivity contribution in [3.8, 4) is 12.1 Å². The second-order valence-corrected chi connectivity index (χ2v) is 5.35. The number of hydrogen-bond donors (Lipinski definition) is 1. The van der Waals surface area contributed by atoms with Crippen molar-refractivity contribution in [1.82, 2.24) is 0 Å². The van der Waals surface area contributed by atoms with Gasteiger partial charge in [0.15, 0.2) is 0 Å². The van der Waals surface area contributed by atoms with E-state index in [1.165, 1.54) is 11.3 Å². The summed E-state index contributed by atoms with van der Waals surface area (Å²) in [5.74, 6) is 0.607. The van der Waals surface area contributed by atoms with Gasteiger partial charge in [0.25, 0.3) is 0 Å². The second kappa shape index (κ2) is 5.56. The molecule has 0 radical (unpaired) electrons. The number of thiophene rings is 1. The molecule has 1 heterocycles. The van der Waals surface area contributed by atoms with Crippen molar-refractivity contribution in [2.75, 3.05) is 24.2 Å². The molecule has 5 heteroatoms. The Balaban J connectivity index is 2.98. The molecule has 0 spiro atoms. The summed E-state index contributed by atoms with van der Waals surface area (Å²) in [5.41, 5.74) is 6.50. The van der Waals surface area contributed by atoms with Crippen LogP contribution in [0, 0.1) is 28.6 Å². The molecule has 1 aromatic heterocycles. The molecule has 1 rings (SSSR count). The molecule has 0 amide bonds. The maximum atomic E-state index is 9.08. The number of rotatable bonds is 4. The van der Waals surface area contributed by atoms with E-state index in [1.54, 1.807) is 0 Å². The van der Waals surface area contributed by atoms with Crippen molar-refractivity contribution in [2.24, 2.45) is 5.92 Å². The van der Waals surface area contributed by atoms with Crippen molar-refractivity contribution in [2.45, 2.75) is 20.3 Å². The molecular weight excluding hydrogens is 232 g/mol. The molecule has 0 saturated heterocycles. The van der Waals surface area contributed by atoms with Crippen LogP contribution in [-0.2, 0) is 0 Å². The Morgan fingerprint density at radius 3 is 2.47 bits per heavy atom. The summed E-state index contributed by atoms with van der Waals surface area (Å²) >= 11 is 1.29. The molecule has 17 heavy (non-hydrogen) atoms. The SMILES string of the molecule is CC(C)CCN(C)c1sc(C#N)c(N)c1C#N. The standard InChI is InChI=1S/C12H16N4S/c1-8(2)4-5-16(3)12-9(6-13)11(15)10(7-14)17-12/h8H,4-5,15H2,1-3H3. The van der Waals surface area contributed by atoms with Gasteiger partial charge in [-0.3, -0.25) is 0 Å². The Bertz CT molecular complexity index is 476. The fourth-order valence-corrected chi connectivity index (χ4v) is 2.40. The van der Waals surface area contributed by atoms with Gasteiger partial charge in [0.2, 0.25) is 0 Å². The Labute approximate surface area is 106 Å². The van der Waals surface area contributed by atoms with Crippen molar-refractivity contribution in [1.29, 1.82) is 10.5 Å². The highest BCUT2D eigenvalue weighted by atomic mass is 32.1. The lowest BCUT2D eigenvalue weighted by atomic mass is 10.1. The van der Waals surface area contributed by atoms with Gasteiger partial charge in [-0.1, -0.05) is 13.8 Å². The zero-order valence-electron chi connectivity index (χ0n) is 10.3. The van der Waals surface area contributed by atoms with Crippen molar-refractivity contribution >= 4 is 22.0 Å². The number of hydrogen-bond acceptors (Lipinski definition) is 5. The van der Waals surface area contributed by atoms with Crippen molar-refractivity contribution in [3.63, 3.8) is 0 Å². The van der Waals surface area contributed by atoms with Crippen LogP contribution < -0.4 is 10.6 Å². The lowest BCUT2D eigenvalue weighted by molar-refractivity contribution is 0.586. The largest absolute Gasteiger partial charge is 0.396 e. The maximum Gasteiger partial charge on any atom is 0.131 e. The zero-order valence-corrected chi connectivity index (χ0v) is 11.1. The minimum absolute atomic E-state index is 0.311. The van der Waals surface area contributed by atoms with Crippen LogP contribution in [-0.4, -0.2) is 13.6 Å². The number of nitrogens with two attached hydrogens (primary N) is 1. The molecule has 4 nitrogen and oxygen atoms in total. The Kier molecular flexibility index (Phi) is 4.37. The average Bonchev–Trinajstić information content (AvgIpc) is 2.62. The third kappa shape index (κ3) is 2.89. The third-order valence-electron chi connectivity index (χ3n) is 2.53. The molecule has 2 N–H and O–H groups in total. The highest BCUT2D eigenvalue weighted by Crippen LogP contribution is 2.36. The first-order chi connectivity index (χ1) is 8.01. The Hall–Kier alpha value is -1.72. The number of nitrogen functional groups attached to an aromatic ring is 1. The molecule has 0 atom stereocenters. The molecule has 0 saturated carbocycles. The summed E-state index contributed by atoms with van der Waals surface area (Å²) in [6, 6.07) is 4.11. The van der Waals surface area contributed by atoms with Crippen LogP contribution >= 0.6 is 11.3 Å². The van der Waals surface area contributed by atoms with Crippen LogP contribution in [0.15, 0.2) is 0 Å². The van der Waals surface area contributed by atoms with Gasteiger partial charge in [-0.15, -0.1) is 11.3 Å². The summed E-state index contributed by atoms with van der Waals surface area (Å²) in [4.78, 5) is 2.42. The number of anilines is 2. The molecule has 0 fully saturated rings. The van der Waals surface area contributed by atoms with Crippen molar-refractivity contribution < 1.29 is 0 Å². The van der Waals surface area contributed by atoms with Gasteiger partial charge in [-0.25, -0.2) is 0 Å². The first kappa shape index (κ1) is 13.3. The van der Waals surface area contributed by atoms with Crippen LogP contribution in [0.2, 0.25) is 0 Å². The van der Waals surface area contributed by atoms with E-state index in [2.05, 4.69) is 19.9 Å². The van der Waals surface area contributed by atoms with E-state index < -0.39 is 0 Å². The Morgan fingerprint density at radius 2 is 2.00 bits per heavy atom. The van der Waals surface area contributed by atoms with Gasteiger partial charge in [-0.2, -0.15) is 10.5 Å². The lowest BCUT2D eigenvalue weighted by Gasteiger charge is -2.18. The van der Waals surface area contributed by atoms with Gasteiger partial charge in [0.05, 0.1) is 5.69 Å². The quantitative estimate of drug-likeness (QED) is 0.888. The topological polar surface area (TPSA) is 76.8 Å². The van der Waals surface area contributed by atoms with Gasteiger partial charge in [-0.05, 0) is 12.3 Å². The molecule has 0 unspecified atom stereocenters. The van der Waals surface area contributed by atoms with E-state index in [1.807, 2.05) is 18.0 Å². The highest BCUT2D eigenvalue weighted by molar-refractivity contribution is 7.17. The molecule has 0 bridgehead atoms. The minimum atomic E-state index is 0.311. The smallest absolute Gasteiger partial charge is 0.131 e. The first-order valence-electron chi connectivity index (χ1n) is 5.44. The predicted molar refractivity (Wildman–Crippen MR) is 70.9 cm³/mol. The third-order valence-corrected chi connectivity index (χ3v) is 3.75. The lowest BCUT2D eigenvalue weighted by Crippen LogP contribution is -2.19. The average molecular weight is 248 g/mol. The second-order valence-electron chi connectivity index (χ2n) is 4.35. The molecule has 90 valence electrons. The van der Waals surface area contributed by atoms with E-state index in [-0.39, 0.29) is 0 Å². The molecule has 0 aliphatic rings. The van der Waals surface area contributed by atoms with Gasteiger partial charge < -0.3 is 10.6 Å². The van der Waals surface area contributed by atoms with Gasteiger partial charge >= 0.3 is 0 Å². The van der Waals surface area contributed by atoms with E-state index in [0.29, 0.717) is 22.0 Å². The number of nitrogens with zero attached hydrogens (tertiary/aromatic N) is 3. The molecule has 0 aliphatic carbocycles. The number of nitriles is 2. The molecule has 1 aromatic rings. The first-order valence-corrected chi connectivity index (χ1v) is 6.26. The highest BCUT2D eigenvalue weighted by Gasteiger charge is 2.18. The summed E-state index contributed by atoms with van der Waals surface area (Å²) in [6.45, 7) is 5.17. The van der Waals surface area contributed by atoms with Crippen LogP contribution in [0.1, 0.15) is 30.7 Å². The van der Waals surface area contributed by atoms with E-state index in [9.17, 15) is 0 Å². The zero-order chi connectivity index (χ0) is 13.0.